The fourth-order valence-electron chi connectivity index (χ4n) is 2.27. The molecule has 0 saturated heterocycles. The molecular weight excluding hydrogens is 208 g/mol. The second kappa shape index (κ2) is 8.93. The summed E-state index contributed by atoms with van der Waals surface area (Å²) in [4.78, 5) is 2.45. The zero-order chi connectivity index (χ0) is 13.3. The van der Waals surface area contributed by atoms with Crippen LogP contribution in [-0.4, -0.2) is 38.1 Å². The van der Waals surface area contributed by atoms with Gasteiger partial charge >= 0.3 is 0 Å². The van der Waals surface area contributed by atoms with Gasteiger partial charge in [0.15, 0.2) is 0 Å². The third-order valence-corrected chi connectivity index (χ3v) is 3.06. The van der Waals surface area contributed by atoms with Crippen LogP contribution in [0.1, 0.15) is 53.9 Å². The highest BCUT2D eigenvalue weighted by Crippen LogP contribution is 2.25. The second-order valence-electron chi connectivity index (χ2n) is 6.71. The minimum absolute atomic E-state index is 0.473. The van der Waals surface area contributed by atoms with Crippen LogP contribution in [0, 0.1) is 11.3 Å². The first-order valence-corrected chi connectivity index (χ1v) is 7.24. The number of hydrogen-bond acceptors (Lipinski definition) is 2. The maximum atomic E-state index is 3.45. The molecule has 0 aliphatic rings. The monoisotopic (exact) mass is 242 g/mol. The first-order chi connectivity index (χ1) is 7.85. The Hall–Kier alpha value is -0.0800. The molecule has 1 unspecified atom stereocenters. The highest BCUT2D eigenvalue weighted by molar-refractivity contribution is 4.67. The topological polar surface area (TPSA) is 15.3 Å². The molecule has 0 aliphatic heterocycles. The van der Waals surface area contributed by atoms with E-state index in [4.69, 9.17) is 0 Å². The summed E-state index contributed by atoms with van der Waals surface area (Å²) in [6.07, 6.45) is 3.88. The lowest BCUT2D eigenvalue weighted by atomic mass is 9.84. The highest BCUT2D eigenvalue weighted by Gasteiger charge is 2.15. The van der Waals surface area contributed by atoms with Gasteiger partial charge in [0.25, 0.3) is 0 Å². The Labute approximate surface area is 109 Å². The maximum absolute atomic E-state index is 3.45. The van der Waals surface area contributed by atoms with Gasteiger partial charge in [-0.05, 0) is 50.7 Å². The van der Waals surface area contributed by atoms with Gasteiger partial charge in [-0.15, -0.1) is 0 Å². The van der Waals surface area contributed by atoms with Gasteiger partial charge in [0.05, 0.1) is 0 Å². The van der Waals surface area contributed by atoms with Crippen LogP contribution < -0.4 is 5.32 Å². The van der Waals surface area contributed by atoms with E-state index < -0.39 is 0 Å². The van der Waals surface area contributed by atoms with E-state index in [0.717, 1.165) is 19.0 Å². The Morgan fingerprint density at radius 1 is 1.12 bits per heavy atom. The van der Waals surface area contributed by atoms with Crippen LogP contribution in [0.25, 0.3) is 0 Å². The van der Waals surface area contributed by atoms with Gasteiger partial charge in [0.1, 0.15) is 0 Å². The second-order valence-corrected chi connectivity index (χ2v) is 6.71. The van der Waals surface area contributed by atoms with Crippen LogP contribution in [0.2, 0.25) is 0 Å². The van der Waals surface area contributed by atoms with Crippen molar-refractivity contribution in [2.24, 2.45) is 11.3 Å². The minimum atomic E-state index is 0.473. The predicted octanol–water partition coefficient (Wildman–Crippen LogP) is 3.38. The molecule has 17 heavy (non-hydrogen) atoms. The lowest BCUT2D eigenvalue weighted by molar-refractivity contribution is 0.255. The van der Waals surface area contributed by atoms with Crippen molar-refractivity contribution in [1.29, 1.82) is 0 Å². The van der Waals surface area contributed by atoms with Crippen molar-refractivity contribution in [3.8, 4) is 0 Å². The number of nitrogens with zero attached hydrogens (tertiary/aromatic N) is 1. The molecule has 0 fully saturated rings. The Kier molecular flexibility index (Phi) is 8.89. The first kappa shape index (κ1) is 16.9. The molecule has 0 aromatic heterocycles. The van der Waals surface area contributed by atoms with Crippen LogP contribution in [-0.2, 0) is 0 Å². The molecule has 2 heteroatoms. The van der Waals surface area contributed by atoms with Gasteiger partial charge in [-0.25, -0.2) is 0 Å². The molecule has 0 aromatic rings. The fourth-order valence-corrected chi connectivity index (χ4v) is 2.27. The van der Waals surface area contributed by atoms with Crippen molar-refractivity contribution < 1.29 is 0 Å². The molecule has 0 bridgehead atoms. The van der Waals surface area contributed by atoms with E-state index in [2.05, 4.69) is 51.9 Å². The molecule has 1 atom stereocenters. The summed E-state index contributed by atoms with van der Waals surface area (Å²) >= 11 is 0. The van der Waals surface area contributed by atoms with Crippen molar-refractivity contribution >= 4 is 0 Å². The maximum Gasteiger partial charge on any atom is 0.0104 e. The Morgan fingerprint density at radius 3 is 2.29 bits per heavy atom. The van der Waals surface area contributed by atoms with Gasteiger partial charge in [0.2, 0.25) is 0 Å². The van der Waals surface area contributed by atoms with Crippen molar-refractivity contribution in [2.45, 2.75) is 53.9 Å². The Morgan fingerprint density at radius 2 is 1.76 bits per heavy atom. The van der Waals surface area contributed by atoms with E-state index in [1.807, 2.05) is 0 Å². The first-order valence-electron chi connectivity index (χ1n) is 7.24. The van der Waals surface area contributed by atoms with Gasteiger partial charge in [-0.3, -0.25) is 0 Å². The van der Waals surface area contributed by atoms with Crippen LogP contribution >= 0.6 is 0 Å². The summed E-state index contributed by atoms with van der Waals surface area (Å²) < 4.78 is 0. The predicted molar refractivity (Wildman–Crippen MR) is 78.5 cm³/mol. The quantitative estimate of drug-likeness (QED) is 0.624. The fraction of sp³-hybridized carbons (Fsp3) is 1.00. The SMILES string of the molecule is CCCNCCN(C)CCC(C)CC(C)(C)C. The summed E-state index contributed by atoms with van der Waals surface area (Å²) in [5.74, 6) is 0.834. The summed E-state index contributed by atoms with van der Waals surface area (Å²) in [5.41, 5.74) is 0.473. The van der Waals surface area contributed by atoms with Crippen LogP contribution in [0.3, 0.4) is 0 Å². The van der Waals surface area contributed by atoms with Crippen molar-refractivity contribution in [1.82, 2.24) is 10.2 Å². The zero-order valence-corrected chi connectivity index (χ0v) is 13.0. The average Bonchev–Trinajstić information content (AvgIpc) is 2.19. The van der Waals surface area contributed by atoms with Crippen molar-refractivity contribution in [3.05, 3.63) is 0 Å². The van der Waals surface area contributed by atoms with Gasteiger partial charge in [-0.1, -0.05) is 34.6 Å². The third kappa shape index (κ3) is 12.2. The Balaban J connectivity index is 3.52. The summed E-state index contributed by atoms with van der Waals surface area (Å²) in [7, 11) is 2.23. The molecule has 0 aliphatic carbocycles. The van der Waals surface area contributed by atoms with Crippen LogP contribution in [0.15, 0.2) is 0 Å². The van der Waals surface area contributed by atoms with E-state index in [0.29, 0.717) is 5.41 Å². The molecule has 0 spiro atoms. The molecule has 0 amide bonds. The number of rotatable bonds is 9. The summed E-state index contributed by atoms with van der Waals surface area (Å²) in [6.45, 7) is 16.3. The lowest BCUT2D eigenvalue weighted by Gasteiger charge is -2.25. The summed E-state index contributed by atoms with van der Waals surface area (Å²) in [5, 5.41) is 3.45. The molecule has 104 valence electrons. The van der Waals surface area contributed by atoms with Crippen molar-refractivity contribution in [3.63, 3.8) is 0 Å². The molecule has 2 nitrogen and oxygen atoms in total. The van der Waals surface area contributed by atoms with Crippen molar-refractivity contribution in [2.75, 3.05) is 33.2 Å². The smallest absolute Gasteiger partial charge is 0.0104 e. The number of hydrogen-bond donors (Lipinski definition) is 1. The lowest BCUT2D eigenvalue weighted by Crippen LogP contribution is -2.31. The van der Waals surface area contributed by atoms with E-state index in [9.17, 15) is 0 Å². The molecule has 0 heterocycles. The minimum Gasteiger partial charge on any atom is -0.315 e. The van der Waals surface area contributed by atoms with Gasteiger partial charge in [-0.2, -0.15) is 0 Å². The summed E-state index contributed by atoms with van der Waals surface area (Å²) in [6, 6.07) is 0. The van der Waals surface area contributed by atoms with Gasteiger partial charge in [0, 0.05) is 13.1 Å². The standard InChI is InChI=1S/C15H34N2/c1-7-9-16-10-12-17(6)11-8-14(2)13-15(3,4)5/h14,16H,7-13H2,1-6H3. The number of likely N-dealkylation sites (N-methyl/N-ethyl adjacent to an activating group) is 1. The Bertz CT molecular complexity index is 172. The highest BCUT2D eigenvalue weighted by atomic mass is 15.1. The molecular formula is C15H34N2. The van der Waals surface area contributed by atoms with E-state index in [-0.39, 0.29) is 0 Å². The third-order valence-electron chi connectivity index (χ3n) is 3.06. The molecule has 0 radical (unpaired) electrons. The largest absolute Gasteiger partial charge is 0.315 e. The van der Waals surface area contributed by atoms with E-state index in [1.165, 1.54) is 32.4 Å². The zero-order valence-electron chi connectivity index (χ0n) is 13.0. The molecule has 0 aromatic carbocycles. The molecule has 0 saturated carbocycles. The molecule has 1 N–H and O–H groups in total. The van der Waals surface area contributed by atoms with Gasteiger partial charge < -0.3 is 10.2 Å². The molecule has 0 rings (SSSR count). The average molecular weight is 242 g/mol. The van der Waals surface area contributed by atoms with E-state index in [1.54, 1.807) is 0 Å². The van der Waals surface area contributed by atoms with Crippen LogP contribution in [0.4, 0.5) is 0 Å². The van der Waals surface area contributed by atoms with Crippen LogP contribution in [0.5, 0.6) is 0 Å². The normalized spacial score (nSPS) is 14.3. The number of nitrogens with one attached hydrogen (secondary N) is 1. The van der Waals surface area contributed by atoms with E-state index >= 15 is 0 Å².